The number of hydrogen-bond donors (Lipinski definition) is 0. The topological polar surface area (TPSA) is 27.1 Å². The van der Waals surface area contributed by atoms with Gasteiger partial charge in [-0.3, -0.25) is 4.68 Å². The molecule has 1 aromatic rings. The van der Waals surface area contributed by atoms with E-state index in [1.165, 1.54) is 0 Å². The van der Waals surface area contributed by atoms with Crippen molar-refractivity contribution in [1.29, 1.82) is 0 Å². The lowest BCUT2D eigenvalue weighted by atomic mass is 10.1. The molecule has 2 atom stereocenters. The van der Waals surface area contributed by atoms with E-state index in [4.69, 9.17) is 16.3 Å². The highest BCUT2D eigenvalue weighted by molar-refractivity contribution is 6.20. The van der Waals surface area contributed by atoms with Gasteiger partial charge in [0.05, 0.1) is 18.2 Å². The van der Waals surface area contributed by atoms with Crippen LogP contribution in [0.25, 0.3) is 0 Å². The van der Waals surface area contributed by atoms with Crippen LogP contribution < -0.4 is 0 Å². The number of alkyl halides is 1. The summed E-state index contributed by atoms with van der Waals surface area (Å²) in [5.74, 6) is 0.619. The molecule has 1 aliphatic heterocycles. The SMILES string of the molecule is CC(Cl)c1cnn(CC2CCOC2)c1. The number of nitrogens with zero attached hydrogens (tertiary/aromatic N) is 2. The van der Waals surface area contributed by atoms with Crippen LogP contribution in [0.2, 0.25) is 0 Å². The van der Waals surface area contributed by atoms with Gasteiger partial charge >= 0.3 is 0 Å². The number of rotatable bonds is 3. The third-order valence-corrected chi connectivity index (χ3v) is 2.83. The van der Waals surface area contributed by atoms with Crippen molar-refractivity contribution in [1.82, 2.24) is 9.78 Å². The lowest BCUT2D eigenvalue weighted by Gasteiger charge is -2.06. The fourth-order valence-corrected chi connectivity index (χ4v) is 1.79. The molecule has 1 saturated heterocycles. The van der Waals surface area contributed by atoms with Crippen molar-refractivity contribution in [2.45, 2.75) is 25.3 Å². The summed E-state index contributed by atoms with van der Waals surface area (Å²) in [4.78, 5) is 0. The molecule has 0 bridgehead atoms. The van der Waals surface area contributed by atoms with E-state index < -0.39 is 0 Å². The van der Waals surface area contributed by atoms with Crippen LogP contribution in [0.5, 0.6) is 0 Å². The molecule has 2 heterocycles. The first-order valence-electron chi connectivity index (χ1n) is 5.00. The van der Waals surface area contributed by atoms with Gasteiger partial charge in [0.2, 0.25) is 0 Å². The van der Waals surface area contributed by atoms with Crippen LogP contribution in [0.1, 0.15) is 24.3 Å². The van der Waals surface area contributed by atoms with E-state index in [0.717, 1.165) is 31.7 Å². The molecule has 4 heteroatoms. The molecule has 0 radical (unpaired) electrons. The Balaban J connectivity index is 1.95. The van der Waals surface area contributed by atoms with Crippen LogP contribution in [0, 0.1) is 5.92 Å². The summed E-state index contributed by atoms with van der Waals surface area (Å²) in [5, 5.41) is 4.32. The summed E-state index contributed by atoms with van der Waals surface area (Å²) in [6, 6.07) is 0. The van der Waals surface area contributed by atoms with Crippen molar-refractivity contribution in [3.8, 4) is 0 Å². The molecule has 0 amide bonds. The van der Waals surface area contributed by atoms with E-state index in [9.17, 15) is 0 Å². The Bertz CT molecular complexity index is 292. The Hall–Kier alpha value is -0.540. The highest BCUT2D eigenvalue weighted by atomic mass is 35.5. The Morgan fingerprint density at radius 3 is 3.21 bits per heavy atom. The first kappa shape index (κ1) is 9.99. The van der Waals surface area contributed by atoms with Crippen molar-refractivity contribution in [2.24, 2.45) is 5.92 Å². The molecular formula is C10H15ClN2O. The fourth-order valence-electron chi connectivity index (χ4n) is 1.68. The summed E-state index contributed by atoms with van der Waals surface area (Å²) < 4.78 is 7.28. The predicted molar refractivity (Wildman–Crippen MR) is 55.4 cm³/mol. The van der Waals surface area contributed by atoms with Gasteiger partial charge in [-0.25, -0.2) is 0 Å². The van der Waals surface area contributed by atoms with Crippen LogP contribution in [-0.2, 0) is 11.3 Å². The van der Waals surface area contributed by atoms with Gasteiger partial charge in [0.1, 0.15) is 0 Å². The Kier molecular flexibility index (Phi) is 3.08. The Morgan fingerprint density at radius 1 is 1.79 bits per heavy atom. The largest absolute Gasteiger partial charge is 0.381 e. The smallest absolute Gasteiger partial charge is 0.0588 e. The van der Waals surface area contributed by atoms with Crippen molar-refractivity contribution >= 4 is 11.6 Å². The average molecular weight is 215 g/mol. The maximum absolute atomic E-state index is 5.96. The van der Waals surface area contributed by atoms with Gasteiger partial charge in [0.15, 0.2) is 0 Å². The van der Waals surface area contributed by atoms with Crippen LogP contribution in [0.4, 0.5) is 0 Å². The summed E-state index contributed by atoms with van der Waals surface area (Å²) >= 11 is 5.96. The standard InChI is InChI=1S/C10H15ClN2O/c1-8(11)10-4-12-13(6-10)5-9-2-3-14-7-9/h4,6,8-9H,2-3,5,7H2,1H3. The zero-order valence-corrected chi connectivity index (χ0v) is 9.07. The highest BCUT2D eigenvalue weighted by Gasteiger charge is 2.16. The molecule has 0 N–H and O–H groups in total. The van der Waals surface area contributed by atoms with Gasteiger partial charge in [-0.1, -0.05) is 0 Å². The van der Waals surface area contributed by atoms with Gasteiger partial charge < -0.3 is 4.74 Å². The fraction of sp³-hybridized carbons (Fsp3) is 0.700. The van der Waals surface area contributed by atoms with E-state index in [1.807, 2.05) is 24.0 Å². The maximum Gasteiger partial charge on any atom is 0.0588 e. The molecular weight excluding hydrogens is 200 g/mol. The van der Waals surface area contributed by atoms with E-state index in [2.05, 4.69) is 5.10 Å². The maximum atomic E-state index is 5.96. The van der Waals surface area contributed by atoms with Gasteiger partial charge in [-0.05, 0) is 13.3 Å². The van der Waals surface area contributed by atoms with Crippen molar-refractivity contribution < 1.29 is 4.74 Å². The first-order chi connectivity index (χ1) is 6.75. The van der Waals surface area contributed by atoms with E-state index >= 15 is 0 Å². The van der Waals surface area contributed by atoms with E-state index in [1.54, 1.807) is 0 Å². The Labute approximate surface area is 89.0 Å². The van der Waals surface area contributed by atoms with Crippen LogP contribution in [-0.4, -0.2) is 23.0 Å². The molecule has 0 aromatic carbocycles. The second-order valence-electron chi connectivity index (χ2n) is 3.84. The second kappa shape index (κ2) is 4.32. The second-order valence-corrected chi connectivity index (χ2v) is 4.50. The van der Waals surface area contributed by atoms with Crippen LogP contribution in [0.3, 0.4) is 0 Å². The molecule has 0 saturated carbocycles. The normalized spacial score (nSPS) is 24.0. The molecule has 1 aromatic heterocycles. The summed E-state index contributed by atoms with van der Waals surface area (Å²) in [5.41, 5.74) is 1.09. The Morgan fingerprint density at radius 2 is 2.64 bits per heavy atom. The lowest BCUT2D eigenvalue weighted by molar-refractivity contribution is 0.181. The zero-order valence-electron chi connectivity index (χ0n) is 8.32. The average Bonchev–Trinajstić information content (AvgIpc) is 2.75. The van der Waals surface area contributed by atoms with E-state index in [0.29, 0.717) is 5.92 Å². The third kappa shape index (κ3) is 2.28. The molecule has 14 heavy (non-hydrogen) atoms. The summed E-state index contributed by atoms with van der Waals surface area (Å²) in [7, 11) is 0. The summed E-state index contributed by atoms with van der Waals surface area (Å²) in [6.07, 6.45) is 5.01. The van der Waals surface area contributed by atoms with Crippen LogP contribution in [0.15, 0.2) is 12.4 Å². The lowest BCUT2D eigenvalue weighted by Crippen LogP contribution is -2.10. The monoisotopic (exact) mass is 214 g/mol. The van der Waals surface area contributed by atoms with Crippen LogP contribution >= 0.6 is 11.6 Å². The van der Waals surface area contributed by atoms with Gasteiger partial charge in [0, 0.05) is 30.8 Å². The molecule has 2 rings (SSSR count). The van der Waals surface area contributed by atoms with Crippen molar-refractivity contribution in [3.05, 3.63) is 18.0 Å². The molecule has 0 aliphatic carbocycles. The zero-order chi connectivity index (χ0) is 9.97. The minimum absolute atomic E-state index is 0.0450. The number of hydrogen-bond acceptors (Lipinski definition) is 2. The van der Waals surface area contributed by atoms with Gasteiger partial charge in [0.25, 0.3) is 0 Å². The third-order valence-electron chi connectivity index (χ3n) is 2.58. The molecule has 2 unspecified atom stereocenters. The number of halogens is 1. The van der Waals surface area contributed by atoms with E-state index in [-0.39, 0.29) is 5.38 Å². The van der Waals surface area contributed by atoms with Crippen molar-refractivity contribution in [2.75, 3.05) is 13.2 Å². The van der Waals surface area contributed by atoms with Gasteiger partial charge in [-0.15, -0.1) is 11.6 Å². The first-order valence-corrected chi connectivity index (χ1v) is 5.43. The van der Waals surface area contributed by atoms with Crippen molar-refractivity contribution in [3.63, 3.8) is 0 Å². The highest BCUT2D eigenvalue weighted by Crippen LogP contribution is 2.19. The summed E-state index contributed by atoms with van der Waals surface area (Å²) in [6.45, 7) is 4.67. The molecule has 0 spiro atoms. The molecule has 3 nitrogen and oxygen atoms in total. The molecule has 78 valence electrons. The quantitative estimate of drug-likeness (QED) is 0.722. The number of aromatic nitrogens is 2. The van der Waals surface area contributed by atoms with Gasteiger partial charge in [-0.2, -0.15) is 5.10 Å². The predicted octanol–water partition coefficient (Wildman–Crippen LogP) is 2.22. The molecule has 1 fully saturated rings. The minimum Gasteiger partial charge on any atom is -0.381 e. The minimum atomic E-state index is 0.0450. The number of ether oxygens (including phenoxy) is 1. The molecule has 1 aliphatic rings.